The lowest BCUT2D eigenvalue weighted by molar-refractivity contribution is 0.587. The molecule has 0 aromatic rings. The average molecular weight is 75.1 g/mol. The lowest BCUT2D eigenvalue weighted by Crippen LogP contribution is -1.69. The van der Waals surface area contributed by atoms with Gasteiger partial charge in [0.2, 0.25) is 0 Å². The molecule has 0 saturated heterocycles. The van der Waals surface area contributed by atoms with Crippen molar-refractivity contribution in [3.8, 4) is 0 Å². The Morgan fingerprint density at radius 3 is 2.60 bits per heavy atom. The first-order chi connectivity index (χ1) is 2.41. The molecule has 0 spiro atoms. The minimum atomic E-state index is -0.448. The number of rotatable bonds is 1. The predicted octanol–water partition coefficient (Wildman–Crippen LogP) is 0.657. The molecule has 0 aromatic carbocycles. The van der Waals surface area contributed by atoms with Gasteiger partial charge in [0, 0.05) is 13.3 Å². The van der Waals surface area contributed by atoms with Crippen LogP contribution in [0.2, 0.25) is 0 Å². The van der Waals surface area contributed by atoms with E-state index in [1.54, 1.807) is 7.05 Å². The third kappa shape index (κ3) is 3.60. The molecule has 30 valence electrons. The Kier molecular flexibility index (Phi) is 3.31. The SMILES string of the molecule is CN=CCF. The summed E-state index contributed by atoms with van der Waals surface area (Å²) >= 11 is 0. The maximum absolute atomic E-state index is 10.8. The molecule has 0 heterocycles. The summed E-state index contributed by atoms with van der Waals surface area (Å²) in [6.45, 7) is -0.448. The van der Waals surface area contributed by atoms with Crippen LogP contribution in [0, 0.1) is 0 Å². The average Bonchev–Trinajstić information content (AvgIpc) is 1.41. The van der Waals surface area contributed by atoms with Crippen molar-refractivity contribution in [1.82, 2.24) is 0 Å². The molecule has 1 nitrogen and oxygen atoms in total. The number of nitrogens with zero attached hydrogens (tertiary/aromatic N) is 1. The largest absolute Gasteiger partial charge is 0.298 e. The molecule has 0 fully saturated rings. The van der Waals surface area contributed by atoms with Gasteiger partial charge in [0.05, 0.1) is 0 Å². The van der Waals surface area contributed by atoms with Gasteiger partial charge in [-0.2, -0.15) is 0 Å². The summed E-state index contributed by atoms with van der Waals surface area (Å²) in [5.74, 6) is 0. The molecule has 0 rings (SSSR count). The Morgan fingerprint density at radius 1 is 2.00 bits per heavy atom. The van der Waals surface area contributed by atoms with E-state index >= 15 is 0 Å². The number of hydrogen-bond acceptors (Lipinski definition) is 1. The molecule has 0 aliphatic heterocycles. The highest BCUT2D eigenvalue weighted by Crippen LogP contribution is 1.54. The van der Waals surface area contributed by atoms with Crippen LogP contribution in [0.4, 0.5) is 4.39 Å². The molecule has 0 aliphatic carbocycles. The van der Waals surface area contributed by atoms with Gasteiger partial charge in [-0.05, 0) is 0 Å². The summed E-state index contributed by atoms with van der Waals surface area (Å²) in [6.07, 6.45) is 1.21. The van der Waals surface area contributed by atoms with Crippen molar-refractivity contribution < 1.29 is 4.39 Å². The quantitative estimate of drug-likeness (QED) is 0.406. The van der Waals surface area contributed by atoms with Crippen LogP contribution in [0.15, 0.2) is 4.99 Å². The van der Waals surface area contributed by atoms with Crippen molar-refractivity contribution in [2.24, 2.45) is 4.99 Å². The number of hydrogen-bond donors (Lipinski definition) is 0. The Morgan fingerprint density at radius 2 is 2.60 bits per heavy atom. The van der Waals surface area contributed by atoms with Gasteiger partial charge in [-0.1, -0.05) is 0 Å². The van der Waals surface area contributed by atoms with E-state index in [-0.39, 0.29) is 0 Å². The molecule has 0 bridgehead atoms. The highest BCUT2D eigenvalue weighted by Gasteiger charge is 1.57. The standard InChI is InChI=1S/C3H6FN/c1-5-3-2-4/h3H,2H2,1H3. The summed E-state index contributed by atoms with van der Waals surface area (Å²) in [4.78, 5) is 3.35. The van der Waals surface area contributed by atoms with Crippen molar-refractivity contribution in [2.45, 2.75) is 0 Å². The van der Waals surface area contributed by atoms with Crippen molar-refractivity contribution >= 4 is 6.21 Å². The monoisotopic (exact) mass is 75.0 g/mol. The maximum Gasteiger partial charge on any atom is 0.124 e. The van der Waals surface area contributed by atoms with Crippen LogP contribution in [-0.4, -0.2) is 19.9 Å². The minimum Gasteiger partial charge on any atom is -0.298 e. The van der Waals surface area contributed by atoms with Gasteiger partial charge < -0.3 is 0 Å². The van der Waals surface area contributed by atoms with E-state index in [0.717, 1.165) is 0 Å². The van der Waals surface area contributed by atoms with E-state index in [9.17, 15) is 4.39 Å². The van der Waals surface area contributed by atoms with Gasteiger partial charge in [0.15, 0.2) is 0 Å². The van der Waals surface area contributed by atoms with E-state index in [0.29, 0.717) is 0 Å². The molecule has 0 N–H and O–H groups in total. The third-order valence-electron chi connectivity index (χ3n) is 0.252. The molecule has 0 aromatic heterocycles. The van der Waals surface area contributed by atoms with Gasteiger partial charge in [-0.3, -0.25) is 4.99 Å². The van der Waals surface area contributed by atoms with Gasteiger partial charge in [0.25, 0.3) is 0 Å². The van der Waals surface area contributed by atoms with E-state index < -0.39 is 6.67 Å². The normalized spacial score (nSPS) is 10.0. The summed E-state index contributed by atoms with van der Waals surface area (Å²) < 4.78 is 10.8. The van der Waals surface area contributed by atoms with Crippen LogP contribution >= 0.6 is 0 Å². The number of halogens is 1. The molecule has 0 amide bonds. The fraction of sp³-hybridized carbons (Fsp3) is 0.667. The lowest BCUT2D eigenvalue weighted by atomic mass is 10.8. The Balaban J connectivity index is 2.62. The smallest absolute Gasteiger partial charge is 0.124 e. The zero-order valence-electron chi connectivity index (χ0n) is 3.11. The van der Waals surface area contributed by atoms with Gasteiger partial charge >= 0.3 is 0 Å². The number of alkyl halides is 1. The molecule has 5 heavy (non-hydrogen) atoms. The van der Waals surface area contributed by atoms with Crippen LogP contribution < -0.4 is 0 Å². The zero-order valence-corrected chi connectivity index (χ0v) is 3.11. The van der Waals surface area contributed by atoms with Gasteiger partial charge in [-0.25, -0.2) is 4.39 Å². The first-order valence-electron chi connectivity index (χ1n) is 1.38. The topological polar surface area (TPSA) is 12.4 Å². The van der Waals surface area contributed by atoms with Crippen LogP contribution in [0.25, 0.3) is 0 Å². The summed E-state index contributed by atoms with van der Waals surface area (Å²) in [7, 11) is 1.54. The van der Waals surface area contributed by atoms with Gasteiger partial charge in [-0.15, -0.1) is 0 Å². The highest BCUT2D eigenvalue weighted by atomic mass is 19.1. The molecule has 0 radical (unpaired) electrons. The van der Waals surface area contributed by atoms with Gasteiger partial charge in [0.1, 0.15) is 6.67 Å². The molecule has 2 heteroatoms. The van der Waals surface area contributed by atoms with E-state index in [2.05, 4.69) is 4.99 Å². The van der Waals surface area contributed by atoms with Crippen molar-refractivity contribution in [3.63, 3.8) is 0 Å². The predicted molar refractivity (Wildman–Crippen MR) is 20.4 cm³/mol. The summed E-state index contributed by atoms with van der Waals surface area (Å²) in [5, 5.41) is 0. The van der Waals surface area contributed by atoms with Crippen LogP contribution in [0.1, 0.15) is 0 Å². The number of aliphatic imine (C=N–C) groups is 1. The molecule has 0 atom stereocenters. The highest BCUT2D eigenvalue weighted by molar-refractivity contribution is 5.57. The zero-order chi connectivity index (χ0) is 4.12. The fourth-order valence-electron chi connectivity index (χ4n) is 0.0690. The first-order valence-corrected chi connectivity index (χ1v) is 1.38. The van der Waals surface area contributed by atoms with E-state index in [1.165, 1.54) is 6.21 Å². The molecular weight excluding hydrogens is 69.0 g/mol. The van der Waals surface area contributed by atoms with Crippen LogP contribution in [-0.2, 0) is 0 Å². The third-order valence-corrected chi connectivity index (χ3v) is 0.252. The Hall–Kier alpha value is -0.400. The second-order valence-corrected chi connectivity index (χ2v) is 0.595. The van der Waals surface area contributed by atoms with Crippen LogP contribution in [0.5, 0.6) is 0 Å². The fourth-order valence-corrected chi connectivity index (χ4v) is 0.0690. The summed E-state index contributed by atoms with van der Waals surface area (Å²) in [6, 6.07) is 0. The van der Waals surface area contributed by atoms with Crippen molar-refractivity contribution in [1.29, 1.82) is 0 Å². The molecule has 0 aliphatic rings. The van der Waals surface area contributed by atoms with E-state index in [4.69, 9.17) is 0 Å². The molecule has 0 unspecified atom stereocenters. The van der Waals surface area contributed by atoms with Crippen molar-refractivity contribution in [3.05, 3.63) is 0 Å². The van der Waals surface area contributed by atoms with E-state index in [1.807, 2.05) is 0 Å². The second kappa shape index (κ2) is 3.60. The Bertz CT molecular complexity index is 33.9. The van der Waals surface area contributed by atoms with Crippen molar-refractivity contribution in [2.75, 3.05) is 13.7 Å². The molecule has 0 saturated carbocycles. The second-order valence-electron chi connectivity index (χ2n) is 0.595. The maximum atomic E-state index is 10.8. The minimum absolute atomic E-state index is 0.448. The Labute approximate surface area is 30.5 Å². The lowest BCUT2D eigenvalue weighted by Gasteiger charge is -1.63. The first kappa shape index (κ1) is 4.60. The summed E-state index contributed by atoms with van der Waals surface area (Å²) in [5.41, 5.74) is 0. The molecular formula is C3H6FN. The van der Waals surface area contributed by atoms with Crippen LogP contribution in [0.3, 0.4) is 0 Å².